The molecule has 2 amide bonds. The van der Waals surface area contributed by atoms with Gasteiger partial charge in [0, 0.05) is 77.0 Å². The molecule has 1 N–H and O–H groups in total. The Kier molecular flexibility index (Phi) is 18.9. The highest BCUT2D eigenvalue weighted by atomic mass is 35.5. The molecule has 0 saturated heterocycles. The lowest BCUT2D eigenvalue weighted by Crippen LogP contribution is -2.52. The summed E-state index contributed by atoms with van der Waals surface area (Å²) in [6.07, 6.45) is 4.21. The molecule has 2 fully saturated rings. The predicted octanol–water partition coefficient (Wildman–Crippen LogP) is 10.5. The molecular weight excluding hydrogens is 1060 g/mol. The highest BCUT2D eigenvalue weighted by Gasteiger charge is 2.63. The largest absolute Gasteiger partial charge is 0.483 e. The Hall–Kier alpha value is -6.98. The normalized spacial score (nSPS) is 19.3. The Labute approximate surface area is 468 Å². The van der Waals surface area contributed by atoms with Crippen molar-refractivity contribution in [3.63, 3.8) is 0 Å². The van der Waals surface area contributed by atoms with Crippen molar-refractivity contribution in [2.75, 3.05) is 33.4 Å². The van der Waals surface area contributed by atoms with E-state index in [2.05, 4.69) is 0 Å². The molecule has 2 aliphatic heterocycles. The molecular formula is C61H66Cl2F2N4O10. The zero-order chi connectivity index (χ0) is 54.8. The van der Waals surface area contributed by atoms with Gasteiger partial charge in [0.15, 0.2) is 34.5 Å². The van der Waals surface area contributed by atoms with Gasteiger partial charge in [-0.15, -0.1) is 0 Å². The molecule has 0 radical (unpaired) electrons. The average molecular weight is 1120 g/mol. The van der Waals surface area contributed by atoms with E-state index < -0.39 is 45.1 Å². The van der Waals surface area contributed by atoms with E-state index >= 15 is 0 Å². The number of nitrogens with zero attached hydrogens (tertiary/aromatic N) is 4. The van der Waals surface area contributed by atoms with Crippen LogP contribution in [-0.2, 0) is 43.9 Å². The fourth-order valence-electron chi connectivity index (χ4n) is 11.1. The molecule has 4 atom stereocenters. The number of Topliss-reactive ketones (excluding diaryl/α,β-unsaturated/α-hetero) is 2. The number of methoxy groups -OCH3 is 1. The van der Waals surface area contributed by atoms with Gasteiger partial charge >= 0.3 is 0 Å². The number of ketones is 2. The number of fused-ring (bicyclic) bond motifs is 2. The van der Waals surface area contributed by atoms with Gasteiger partial charge in [0.25, 0.3) is 11.8 Å². The third kappa shape index (κ3) is 11.7. The van der Waals surface area contributed by atoms with E-state index in [1.165, 1.54) is 24.5 Å². The second kappa shape index (κ2) is 25.0. The Morgan fingerprint density at radius 2 is 1.03 bits per heavy atom. The zero-order valence-electron chi connectivity index (χ0n) is 42.9. The fraction of sp³-hybridized carbons (Fsp3) is 0.377. The van der Waals surface area contributed by atoms with Gasteiger partial charge in [-0.3, -0.25) is 28.8 Å². The van der Waals surface area contributed by atoms with Crippen LogP contribution in [0, 0.1) is 23.5 Å². The monoisotopic (exact) mass is 1120 g/mol. The molecule has 4 heterocycles. The number of pyridine rings is 2. The summed E-state index contributed by atoms with van der Waals surface area (Å²) in [4.78, 5) is 84.9. The van der Waals surface area contributed by atoms with Gasteiger partial charge in [-0.05, 0) is 73.9 Å². The number of aryl methyl sites for hydroxylation is 2. The molecule has 2 aromatic heterocycles. The van der Waals surface area contributed by atoms with Crippen molar-refractivity contribution < 1.29 is 47.3 Å². The van der Waals surface area contributed by atoms with E-state index in [1.54, 1.807) is 50.3 Å². The van der Waals surface area contributed by atoms with Crippen molar-refractivity contribution in [2.24, 2.45) is 11.8 Å². The first-order valence-electron chi connectivity index (χ1n) is 25.6. The molecule has 14 nitrogen and oxygen atoms in total. The SMILES string of the molecule is C.C.CCN1C(=O)c2c(OCc3ccccc3)c(=O)c(C(=O)CCc3cccc(Cl)c3F)cn2C[C@@]12C[C@@H]2CO.CCN1C(=O)c2c(OCc3ccccc3)c(=O)c(C(=O)CCc3cccc(Cl)c3F)cn2C[C@@]12C[C@@H]2COC. The van der Waals surface area contributed by atoms with Crippen molar-refractivity contribution in [3.05, 3.63) is 196 Å². The average Bonchev–Trinajstić information content (AvgIpc) is 4.53. The van der Waals surface area contributed by atoms with Gasteiger partial charge in [-0.1, -0.05) is 123 Å². The summed E-state index contributed by atoms with van der Waals surface area (Å²) in [6.45, 7) is 5.94. The van der Waals surface area contributed by atoms with Crippen LogP contribution < -0.4 is 20.3 Å². The highest BCUT2D eigenvalue weighted by Crippen LogP contribution is 2.54. The van der Waals surface area contributed by atoms with Crippen molar-refractivity contribution in [1.82, 2.24) is 18.9 Å². The number of aliphatic hydroxyl groups is 1. The molecule has 4 aromatic carbocycles. The maximum absolute atomic E-state index is 14.4. The van der Waals surface area contributed by atoms with Crippen LogP contribution in [0.1, 0.15) is 118 Å². The molecule has 2 spiro atoms. The van der Waals surface area contributed by atoms with Crippen LogP contribution >= 0.6 is 23.2 Å². The number of aliphatic hydroxyl groups excluding tert-OH is 1. The van der Waals surface area contributed by atoms with Crippen LogP contribution in [0.15, 0.2) is 119 Å². The number of likely N-dealkylation sites (N-methyl/N-ethyl adjacent to an activating group) is 2. The number of hydrogen-bond donors (Lipinski definition) is 1. The van der Waals surface area contributed by atoms with Crippen LogP contribution in [-0.4, -0.2) is 91.9 Å². The molecule has 4 aliphatic rings. The van der Waals surface area contributed by atoms with E-state index in [-0.39, 0.29) is 134 Å². The Morgan fingerprint density at radius 3 is 1.41 bits per heavy atom. The minimum absolute atomic E-state index is 0. The molecule has 418 valence electrons. The minimum Gasteiger partial charge on any atom is -0.483 e. The van der Waals surface area contributed by atoms with Gasteiger partial charge in [-0.25, -0.2) is 8.78 Å². The van der Waals surface area contributed by atoms with Crippen LogP contribution in [0.25, 0.3) is 0 Å². The molecule has 79 heavy (non-hydrogen) atoms. The summed E-state index contributed by atoms with van der Waals surface area (Å²) in [5, 5.41) is 9.77. The summed E-state index contributed by atoms with van der Waals surface area (Å²) < 4.78 is 49.4. The zero-order valence-corrected chi connectivity index (χ0v) is 44.4. The molecule has 0 bridgehead atoms. The Morgan fingerprint density at radius 1 is 0.620 bits per heavy atom. The summed E-state index contributed by atoms with van der Waals surface area (Å²) in [5.41, 5.74) is -0.0843. The number of halogens is 4. The van der Waals surface area contributed by atoms with Crippen LogP contribution in [0.2, 0.25) is 10.0 Å². The maximum Gasteiger partial charge on any atom is 0.275 e. The maximum atomic E-state index is 14.4. The highest BCUT2D eigenvalue weighted by molar-refractivity contribution is 6.31. The molecule has 6 aromatic rings. The number of hydrogen-bond acceptors (Lipinski definition) is 10. The van der Waals surface area contributed by atoms with E-state index in [0.29, 0.717) is 44.8 Å². The lowest BCUT2D eigenvalue weighted by atomic mass is 10.00. The van der Waals surface area contributed by atoms with Crippen LogP contribution in [0.5, 0.6) is 11.5 Å². The molecule has 18 heteroatoms. The first-order valence-corrected chi connectivity index (χ1v) is 26.4. The van der Waals surface area contributed by atoms with Crippen molar-refractivity contribution in [2.45, 2.75) is 105 Å². The lowest BCUT2D eigenvalue weighted by molar-refractivity contribution is 0.0485. The standard InChI is InChI=1S/C30H30ClFN2O5.C29H28ClFN2O5.2CH4/c1-3-34-29(37)26-28(39-16-19-8-5-4-6-9-19)27(36)22(15-33(26)18-30(34)14-21(30)17-38-2)24(35)13-12-20-10-7-11-23(31)25(20)32;1-2-33-28(37)25-27(38-16-18-7-4-3-5-8-18)26(36)21(14-32(25)17-29(33)13-20(29)15-34)23(35)12-11-19-9-6-10-22(30)24(19)31;;/h4-11,15,21H,3,12-14,16-18H2,1-2H3;3-10,14,20,34H,2,11-13,15-17H2,1H3;2*1H4/t21-,30-;20-,29-;;/m11../s1. The number of carbonyl (C=O) groups is 4. The van der Waals surface area contributed by atoms with Crippen molar-refractivity contribution in [3.8, 4) is 11.5 Å². The predicted molar refractivity (Wildman–Crippen MR) is 299 cm³/mol. The van der Waals surface area contributed by atoms with E-state index in [1.807, 2.05) is 74.5 Å². The van der Waals surface area contributed by atoms with Gasteiger partial charge in [0.05, 0.1) is 38.9 Å². The van der Waals surface area contributed by atoms with Crippen LogP contribution in [0.4, 0.5) is 8.78 Å². The second-order valence-electron chi connectivity index (χ2n) is 19.9. The van der Waals surface area contributed by atoms with Gasteiger partial charge in [-0.2, -0.15) is 0 Å². The van der Waals surface area contributed by atoms with Gasteiger partial charge in [0.2, 0.25) is 10.9 Å². The first kappa shape index (κ1) is 59.7. The smallest absolute Gasteiger partial charge is 0.275 e. The summed E-state index contributed by atoms with van der Waals surface area (Å²) in [6, 6.07) is 27.7. The number of amides is 2. The Balaban J connectivity index is 0.000000223. The number of aromatic nitrogens is 2. The van der Waals surface area contributed by atoms with Crippen molar-refractivity contribution >= 4 is 46.6 Å². The first-order chi connectivity index (χ1) is 37.1. The summed E-state index contributed by atoms with van der Waals surface area (Å²) in [5.74, 6) is -3.02. The van der Waals surface area contributed by atoms with E-state index in [4.69, 9.17) is 37.4 Å². The van der Waals surface area contributed by atoms with E-state index in [0.717, 1.165) is 17.5 Å². The third-order valence-electron chi connectivity index (χ3n) is 15.3. The summed E-state index contributed by atoms with van der Waals surface area (Å²) >= 11 is 11.8. The molecule has 0 unspecified atom stereocenters. The van der Waals surface area contributed by atoms with E-state index in [9.17, 15) is 42.7 Å². The number of rotatable bonds is 19. The Bertz CT molecular complexity index is 3380. The second-order valence-corrected chi connectivity index (χ2v) is 20.7. The lowest BCUT2D eigenvalue weighted by Gasteiger charge is -2.39. The minimum atomic E-state index is -0.668. The number of carbonyl (C=O) groups excluding carboxylic acids is 4. The van der Waals surface area contributed by atoms with Gasteiger partial charge in [0.1, 0.15) is 24.8 Å². The summed E-state index contributed by atoms with van der Waals surface area (Å²) in [7, 11) is 1.63. The third-order valence-corrected chi connectivity index (χ3v) is 15.9. The topological polar surface area (TPSA) is 167 Å². The number of benzene rings is 4. The number of ether oxygens (including phenoxy) is 3. The van der Waals surface area contributed by atoms with Crippen LogP contribution in [0.3, 0.4) is 0 Å². The van der Waals surface area contributed by atoms with Gasteiger partial charge < -0.3 is 38.3 Å². The molecule has 2 aliphatic carbocycles. The van der Waals surface area contributed by atoms with Crippen molar-refractivity contribution in [1.29, 1.82) is 0 Å². The molecule has 2 saturated carbocycles. The fourth-order valence-corrected chi connectivity index (χ4v) is 11.5. The molecule has 10 rings (SSSR count). The quantitative estimate of drug-likeness (QED) is 0.0771.